The van der Waals surface area contributed by atoms with Gasteiger partial charge in [0.25, 0.3) is 5.56 Å². The second-order valence-electron chi connectivity index (χ2n) is 5.22. The normalized spacial score (nSPS) is 11.1. The number of aromatic amines is 1. The van der Waals surface area contributed by atoms with Crippen LogP contribution < -0.4 is 5.56 Å². The molecule has 0 aliphatic heterocycles. The predicted molar refractivity (Wildman–Crippen MR) is 91.4 cm³/mol. The fraction of sp³-hybridized carbons (Fsp3) is 0. The highest BCUT2D eigenvalue weighted by molar-refractivity contribution is 6.34. The average Bonchev–Trinajstić information content (AvgIpc) is 2.53. The van der Waals surface area contributed by atoms with Crippen molar-refractivity contribution in [2.24, 2.45) is 0 Å². The lowest BCUT2D eigenvalue weighted by Crippen LogP contribution is -2.03. The molecule has 0 aliphatic rings. The van der Waals surface area contributed by atoms with Crippen LogP contribution in [-0.4, -0.2) is 4.98 Å². The van der Waals surface area contributed by atoms with Crippen LogP contribution in [0.2, 0.25) is 5.02 Å². The van der Waals surface area contributed by atoms with Crippen LogP contribution in [0.15, 0.2) is 65.5 Å². The van der Waals surface area contributed by atoms with E-state index in [-0.39, 0.29) is 5.56 Å². The minimum absolute atomic E-state index is 0.248. The Balaban J connectivity index is 1.96. The van der Waals surface area contributed by atoms with Gasteiger partial charge in [-0.15, -0.1) is 0 Å². The number of hydrogen-bond donors (Lipinski definition) is 1. The van der Waals surface area contributed by atoms with Gasteiger partial charge in [-0.2, -0.15) is 0 Å². The molecule has 4 rings (SSSR count). The van der Waals surface area contributed by atoms with Crippen LogP contribution >= 0.6 is 11.6 Å². The minimum atomic E-state index is -0.248. The summed E-state index contributed by atoms with van der Waals surface area (Å²) >= 11 is 6.41. The largest absolute Gasteiger partial charge is 0.321 e. The lowest BCUT2D eigenvalue weighted by atomic mass is 10.00. The molecule has 22 heavy (non-hydrogen) atoms. The van der Waals surface area contributed by atoms with Crippen molar-refractivity contribution in [2.75, 3.05) is 0 Å². The van der Waals surface area contributed by atoms with Crippen molar-refractivity contribution < 1.29 is 0 Å². The molecule has 0 spiro atoms. The van der Waals surface area contributed by atoms with Crippen molar-refractivity contribution in [2.45, 2.75) is 0 Å². The molecule has 4 aromatic rings. The molecular formula is C19H11ClNO. The van der Waals surface area contributed by atoms with E-state index in [1.165, 1.54) is 10.8 Å². The zero-order valence-electron chi connectivity index (χ0n) is 11.6. The summed E-state index contributed by atoms with van der Waals surface area (Å²) in [5, 5.41) is 3.89. The summed E-state index contributed by atoms with van der Waals surface area (Å²) in [4.78, 5) is 14.1. The second-order valence-corrected chi connectivity index (χ2v) is 5.63. The number of rotatable bonds is 1. The standard InChI is InChI=1S/C19H11ClNO/c20-17-11-18-15(7-8-19(22)21-18)10-16(17)14-6-5-12-3-1-2-4-13(12)9-14/h1-7,9-11H,(H,21,22). The van der Waals surface area contributed by atoms with Gasteiger partial charge in [-0.25, -0.2) is 0 Å². The Kier molecular flexibility index (Phi) is 2.98. The van der Waals surface area contributed by atoms with Crippen molar-refractivity contribution in [3.8, 4) is 11.1 Å². The van der Waals surface area contributed by atoms with E-state index < -0.39 is 0 Å². The highest BCUT2D eigenvalue weighted by Crippen LogP contribution is 2.32. The second kappa shape index (κ2) is 5.00. The maximum Gasteiger partial charge on any atom is 0.256 e. The van der Waals surface area contributed by atoms with Gasteiger partial charge in [-0.05, 0) is 46.0 Å². The SMILES string of the molecule is O=c1[c]cc2cc(-c3ccc4ccccc4c3)c(Cl)cc2[nH]1. The van der Waals surface area contributed by atoms with E-state index in [9.17, 15) is 4.79 Å². The van der Waals surface area contributed by atoms with Crippen LogP contribution in [0, 0.1) is 6.07 Å². The smallest absolute Gasteiger partial charge is 0.256 e. The summed E-state index contributed by atoms with van der Waals surface area (Å²) in [5.74, 6) is 0. The molecule has 0 saturated heterocycles. The summed E-state index contributed by atoms with van der Waals surface area (Å²) in [5.41, 5.74) is 2.47. The minimum Gasteiger partial charge on any atom is -0.321 e. The Bertz CT molecular complexity index is 1070. The molecule has 0 atom stereocenters. The van der Waals surface area contributed by atoms with Crippen LogP contribution in [0.4, 0.5) is 0 Å². The summed E-state index contributed by atoms with van der Waals surface area (Å²) in [7, 11) is 0. The Morgan fingerprint density at radius 3 is 2.59 bits per heavy atom. The van der Waals surface area contributed by atoms with E-state index >= 15 is 0 Å². The van der Waals surface area contributed by atoms with E-state index in [1.54, 1.807) is 12.1 Å². The molecule has 3 aromatic carbocycles. The molecule has 0 fully saturated rings. The number of halogens is 1. The molecule has 0 unspecified atom stereocenters. The van der Waals surface area contributed by atoms with Crippen LogP contribution in [0.1, 0.15) is 0 Å². The van der Waals surface area contributed by atoms with Crippen LogP contribution in [-0.2, 0) is 0 Å². The lowest BCUT2D eigenvalue weighted by molar-refractivity contribution is 1.30. The van der Waals surface area contributed by atoms with Gasteiger partial charge in [0.05, 0.1) is 11.1 Å². The van der Waals surface area contributed by atoms with Crippen molar-refractivity contribution in [3.05, 3.63) is 82.1 Å². The maximum atomic E-state index is 11.3. The fourth-order valence-electron chi connectivity index (χ4n) is 2.70. The van der Waals surface area contributed by atoms with Gasteiger partial charge in [0, 0.05) is 11.1 Å². The Hall–Kier alpha value is -2.58. The molecule has 2 nitrogen and oxygen atoms in total. The summed E-state index contributed by atoms with van der Waals surface area (Å²) in [6, 6.07) is 22.6. The first kappa shape index (κ1) is 13.1. The van der Waals surface area contributed by atoms with E-state index in [1.807, 2.05) is 18.2 Å². The highest BCUT2D eigenvalue weighted by Gasteiger charge is 2.07. The number of nitrogens with one attached hydrogen (secondary N) is 1. The van der Waals surface area contributed by atoms with Gasteiger partial charge in [-0.1, -0.05) is 48.0 Å². The molecule has 0 aliphatic carbocycles. The molecule has 0 amide bonds. The zero-order chi connectivity index (χ0) is 15.1. The van der Waals surface area contributed by atoms with Crippen LogP contribution in [0.5, 0.6) is 0 Å². The topological polar surface area (TPSA) is 32.9 Å². The third kappa shape index (κ3) is 2.18. The first-order chi connectivity index (χ1) is 10.7. The Labute approximate surface area is 132 Å². The van der Waals surface area contributed by atoms with E-state index in [4.69, 9.17) is 11.6 Å². The van der Waals surface area contributed by atoms with Gasteiger partial charge in [-0.3, -0.25) is 4.79 Å². The van der Waals surface area contributed by atoms with Gasteiger partial charge < -0.3 is 4.98 Å². The molecule has 1 radical (unpaired) electrons. The first-order valence-electron chi connectivity index (χ1n) is 6.94. The van der Waals surface area contributed by atoms with Gasteiger partial charge in [0.1, 0.15) is 0 Å². The number of pyridine rings is 1. The third-order valence-corrected chi connectivity index (χ3v) is 4.12. The molecule has 105 valence electrons. The fourth-order valence-corrected chi connectivity index (χ4v) is 2.97. The van der Waals surface area contributed by atoms with Gasteiger partial charge in [0.2, 0.25) is 0 Å². The third-order valence-electron chi connectivity index (χ3n) is 3.81. The summed E-state index contributed by atoms with van der Waals surface area (Å²) in [6.07, 6.45) is 0. The van der Waals surface area contributed by atoms with E-state index in [0.29, 0.717) is 5.02 Å². The first-order valence-corrected chi connectivity index (χ1v) is 7.32. The quantitative estimate of drug-likeness (QED) is 0.538. The summed E-state index contributed by atoms with van der Waals surface area (Å²) in [6.45, 7) is 0. The van der Waals surface area contributed by atoms with Crippen LogP contribution in [0.25, 0.3) is 32.8 Å². The molecule has 0 saturated carbocycles. The maximum absolute atomic E-state index is 11.3. The number of H-pyrrole nitrogens is 1. The number of hydrogen-bond acceptors (Lipinski definition) is 1. The zero-order valence-corrected chi connectivity index (χ0v) is 12.3. The van der Waals surface area contributed by atoms with Crippen LogP contribution in [0.3, 0.4) is 0 Å². The van der Waals surface area contributed by atoms with E-state index in [2.05, 4.69) is 41.4 Å². The number of aromatic nitrogens is 1. The summed E-state index contributed by atoms with van der Waals surface area (Å²) < 4.78 is 0. The van der Waals surface area contributed by atoms with E-state index in [0.717, 1.165) is 22.0 Å². The molecule has 0 bridgehead atoms. The highest BCUT2D eigenvalue weighted by atomic mass is 35.5. The molecule has 3 heteroatoms. The van der Waals surface area contributed by atoms with Gasteiger partial charge in [0.15, 0.2) is 0 Å². The van der Waals surface area contributed by atoms with Gasteiger partial charge >= 0.3 is 0 Å². The number of fused-ring (bicyclic) bond motifs is 2. The van der Waals surface area contributed by atoms with Crippen molar-refractivity contribution in [3.63, 3.8) is 0 Å². The average molecular weight is 305 g/mol. The van der Waals surface area contributed by atoms with Crippen molar-refractivity contribution in [1.82, 2.24) is 4.98 Å². The Morgan fingerprint density at radius 1 is 0.909 bits per heavy atom. The Morgan fingerprint density at radius 2 is 1.73 bits per heavy atom. The molecular weight excluding hydrogens is 294 g/mol. The predicted octanol–water partition coefficient (Wildman–Crippen LogP) is 4.80. The monoisotopic (exact) mass is 304 g/mol. The molecule has 1 N–H and O–H groups in total. The number of benzene rings is 3. The molecule has 1 aromatic heterocycles. The molecule has 1 heterocycles. The van der Waals surface area contributed by atoms with Crippen molar-refractivity contribution >= 4 is 33.3 Å². The van der Waals surface area contributed by atoms with Crippen molar-refractivity contribution in [1.29, 1.82) is 0 Å². The lowest BCUT2D eigenvalue weighted by Gasteiger charge is -2.08.